The summed E-state index contributed by atoms with van der Waals surface area (Å²) in [6, 6.07) is -1.94. The molecule has 0 aromatic heterocycles. The molecule has 7 nitrogen and oxygen atoms in total. The summed E-state index contributed by atoms with van der Waals surface area (Å²) in [6.45, 7) is 6.25. The molecule has 2 atom stereocenters. The average Bonchev–Trinajstić information content (AvgIpc) is 2.27. The fourth-order valence-electron chi connectivity index (χ4n) is 1.57. The molecule has 0 radical (unpaired) electrons. The number of nitrogens with one attached hydrogen (secondary N) is 2. The first-order valence-electron chi connectivity index (χ1n) is 6.27. The molecule has 0 aliphatic rings. The van der Waals surface area contributed by atoms with Gasteiger partial charge >= 0.3 is 11.9 Å². The van der Waals surface area contributed by atoms with Crippen LogP contribution in [0.3, 0.4) is 0 Å². The molecule has 4 N–H and O–H groups in total. The van der Waals surface area contributed by atoms with E-state index in [1.54, 1.807) is 0 Å². The van der Waals surface area contributed by atoms with Crippen LogP contribution in [-0.4, -0.2) is 46.7 Å². The van der Waals surface area contributed by atoms with E-state index in [9.17, 15) is 14.4 Å². The van der Waals surface area contributed by atoms with Crippen LogP contribution >= 0.6 is 0 Å². The highest BCUT2D eigenvalue weighted by molar-refractivity contribution is 5.89. The lowest BCUT2D eigenvalue weighted by molar-refractivity contribution is -0.147. The van der Waals surface area contributed by atoms with Gasteiger partial charge in [-0.05, 0) is 18.9 Å². The van der Waals surface area contributed by atoms with Crippen LogP contribution in [0.5, 0.6) is 0 Å². The molecule has 0 rings (SSSR count). The van der Waals surface area contributed by atoms with Gasteiger partial charge in [-0.25, -0.2) is 4.79 Å². The van der Waals surface area contributed by atoms with E-state index >= 15 is 0 Å². The predicted octanol–water partition coefficient (Wildman–Crippen LogP) is 0.0547. The van der Waals surface area contributed by atoms with Gasteiger partial charge in [0.25, 0.3) is 0 Å². The minimum Gasteiger partial charge on any atom is -0.481 e. The van der Waals surface area contributed by atoms with Crippen molar-refractivity contribution in [2.45, 2.75) is 45.7 Å². The van der Waals surface area contributed by atoms with E-state index in [2.05, 4.69) is 10.6 Å². The Bertz CT molecular complexity index is 330. The van der Waals surface area contributed by atoms with Crippen molar-refractivity contribution >= 4 is 17.8 Å². The molecular formula is C12H22N2O5. The van der Waals surface area contributed by atoms with Gasteiger partial charge in [-0.15, -0.1) is 0 Å². The maximum absolute atomic E-state index is 12.0. The second kappa shape index (κ2) is 8.47. The molecule has 0 aliphatic heterocycles. The van der Waals surface area contributed by atoms with Gasteiger partial charge in [0.15, 0.2) is 0 Å². The maximum Gasteiger partial charge on any atom is 0.326 e. The molecule has 0 aromatic carbocycles. The molecule has 0 aromatic rings. The number of carboxylic acids is 2. The lowest BCUT2D eigenvalue weighted by atomic mass is 10.0. The molecule has 110 valence electrons. The summed E-state index contributed by atoms with van der Waals surface area (Å²) in [5, 5.41) is 22.7. The lowest BCUT2D eigenvalue weighted by Crippen LogP contribution is -2.52. The number of amides is 1. The summed E-state index contributed by atoms with van der Waals surface area (Å²) >= 11 is 0. The van der Waals surface area contributed by atoms with Crippen LogP contribution in [0.2, 0.25) is 0 Å². The highest BCUT2D eigenvalue weighted by Gasteiger charge is 2.28. The smallest absolute Gasteiger partial charge is 0.326 e. The van der Waals surface area contributed by atoms with Gasteiger partial charge in [-0.2, -0.15) is 0 Å². The zero-order valence-corrected chi connectivity index (χ0v) is 11.5. The zero-order valence-electron chi connectivity index (χ0n) is 11.5. The summed E-state index contributed by atoms with van der Waals surface area (Å²) in [4.78, 5) is 33.4. The Hall–Kier alpha value is -1.63. The number of hydrogen-bond acceptors (Lipinski definition) is 4. The fourth-order valence-corrected chi connectivity index (χ4v) is 1.57. The van der Waals surface area contributed by atoms with Gasteiger partial charge in [0, 0.05) is 0 Å². The Balaban J connectivity index is 4.65. The Labute approximate surface area is 112 Å². The summed E-state index contributed by atoms with van der Waals surface area (Å²) in [5.41, 5.74) is 0. The van der Waals surface area contributed by atoms with Crippen LogP contribution in [0.25, 0.3) is 0 Å². The number of carboxylic acid groups (broad SMARTS) is 2. The number of hydrogen-bond donors (Lipinski definition) is 4. The summed E-state index contributed by atoms with van der Waals surface area (Å²) < 4.78 is 0. The normalized spacial score (nSPS) is 13.9. The molecule has 0 saturated carbocycles. The lowest BCUT2D eigenvalue weighted by Gasteiger charge is -2.23. The third kappa shape index (κ3) is 6.76. The van der Waals surface area contributed by atoms with E-state index < -0.39 is 36.4 Å². The van der Waals surface area contributed by atoms with Crippen molar-refractivity contribution in [2.24, 2.45) is 5.92 Å². The van der Waals surface area contributed by atoms with Crippen LogP contribution in [0, 0.1) is 5.92 Å². The maximum atomic E-state index is 12.0. The molecule has 1 amide bonds. The predicted molar refractivity (Wildman–Crippen MR) is 68.7 cm³/mol. The van der Waals surface area contributed by atoms with Crippen LogP contribution in [0.15, 0.2) is 0 Å². The zero-order chi connectivity index (χ0) is 15.0. The summed E-state index contributed by atoms with van der Waals surface area (Å²) in [5.74, 6) is -3.13. The number of aliphatic carboxylic acids is 2. The van der Waals surface area contributed by atoms with Crippen molar-refractivity contribution in [1.29, 1.82) is 0 Å². The Morgan fingerprint density at radius 3 is 2.11 bits per heavy atom. The number of rotatable bonds is 9. The van der Waals surface area contributed by atoms with Crippen molar-refractivity contribution < 1.29 is 24.6 Å². The summed E-state index contributed by atoms with van der Waals surface area (Å²) in [7, 11) is 0. The van der Waals surface area contributed by atoms with Crippen molar-refractivity contribution in [1.82, 2.24) is 10.6 Å². The Kier molecular flexibility index (Phi) is 7.74. The third-order valence-corrected chi connectivity index (χ3v) is 2.56. The highest BCUT2D eigenvalue weighted by atomic mass is 16.4. The van der Waals surface area contributed by atoms with E-state index in [4.69, 9.17) is 10.2 Å². The largest absolute Gasteiger partial charge is 0.481 e. The molecule has 19 heavy (non-hydrogen) atoms. The van der Waals surface area contributed by atoms with Crippen LogP contribution in [-0.2, 0) is 14.4 Å². The van der Waals surface area contributed by atoms with E-state index in [-0.39, 0.29) is 5.92 Å². The molecule has 7 heteroatoms. The Morgan fingerprint density at radius 2 is 1.74 bits per heavy atom. The minimum absolute atomic E-state index is 0.0224. The average molecular weight is 274 g/mol. The van der Waals surface area contributed by atoms with Crippen molar-refractivity contribution in [3.63, 3.8) is 0 Å². The second-order valence-electron chi connectivity index (χ2n) is 4.67. The molecule has 0 saturated heterocycles. The number of carbonyl (C=O) groups is 3. The number of carbonyl (C=O) groups excluding carboxylic acids is 1. The Morgan fingerprint density at radius 1 is 1.16 bits per heavy atom. The SMILES string of the molecule is CCCN[C@H](C(=O)N[C@@H](CC(=O)O)C(=O)O)C(C)C. The van der Waals surface area contributed by atoms with Crippen LogP contribution < -0.4 is 10.6 Å². The van der Waals surface area contributed by atoms with E-state index in [0.717, 1.165) is 6.42 Å². The van der Waals surface area contributed by atoms with Gasteiger partial charge in [0.1, 0.15) is 6.04 Å². The topological polar surface area (TPSA) is 116 Å². The first-order valence-corrected chi connectivity index (χ1v) is 6.27. The monoisotopic (exact) mass is 274 g/mol. The van der Waals surface area contributed by atoms with Crippen molar-refractivity contribution in [2.75, 3.05) is 6.54 Å². The van der Waals surface area contributed by atoms with Gasteiger partial charge in [-0.1, -0.05) is 20.8 Å². The molecule has 0 aliphatic carbocycles. The quantitative estimate of drug-likeness (QED) is 0.472. The van der Waals surface area contributed by atoms with Crippen molar-refractivity contribution in [3.05, 3.63) is 0 Å². The van der Waals surface area contributed by atoms with Crippen molar-refractivity contribution in [3.8, 4) is 0 Å². The standard InChI is InChI=1S/C12H22N2O5/c1-4-5-13-10(7(2)3)11(17)14-8(12(18)19)6-9(15)16/h7-8,10,13H,4-6H2,1-3H3,(H,14,17)(H,15,16)(H,18,19)/t8-,10-/m0/s1. The van der Waals surface area contributed by atoms with E-state index in [1.807, 2.05) is 20.8 Å². The van der Waals surface area contributed by atoms with Crippen LogP contribution in [0.1, 0.15) is 33.6 Å². The fraction of sp³-hybridized carbons (Fsp3) is 0.750. The summed E-state index contributed by atoms with van der Waals surface area (Å²) in [6.07, 6.45) is 0.202. The van der Waals surface area contributed by atoms with E-state index in [0.29, 0.717) is 6.54 Å². The first kappa shape index (κ1) is 17.4. The molecule has 0 unspecified atom stereocenters. The highest BCUT2D eigenvalue weighted by Crippen LogP contribution is 2.03. The minimum atomic E-state index is -1.41. The first-order chi connectivity index (χ1) is 8.79. The molecule has 0 heterocycles. The van der Waals surface area contributed by atoms with Gasteiger partial charge in [0.2, 0.25) is 5.91 Å². The molecule has 0 bridgehead atoms. The molecular weight excluding hydrogens is 252 g/mol. The second-order valence-corrected chi connectivity index (χ2v) is 4.67. The van der Waals surface area contributed by atoms with Crippen LogP contribution in [0.4, 0.5) is 0 Å². The van der Waals surface area contributed by atoms with E-state index in [1.165, 1.54) is 0 Å². The van der Waals surface area contributed by atoms with Gasteiger partial charge in [0.05, 0.1) is 12.5 Å². The molecule has 0 fully saturated rings. The molecule has 0 spiro atoms. The van der Waals surface area contributed by atoms with Gasteiger partial charge in [-0.3, -0.25) is 9.59 Å². The third-order valence-electron chi connectivity index (χ3n) is 2.56. The van der Waals surface area contributed by atoms with Gasteiger partial charge < -0.3 is 20.8 Å².